The molecule has 0 fully saturated rings. The van der Waals surface area contributed by atoms with Crippen molar-refractivity contribution in [2.45, 2.75) is 35.4 Å². The van der Waals surface area contributed by atoms with Crippen LogP contribution in [0.4, 0.5) is 18.9 Å². The van der Waals surface area contributed by atoms with Crippen molar-refractivity contribution in [2.24, 2.45) is 0 Å². The van der Waals surface area contributed by atoms with E-state index >= 15 is 0 Å². The molecule has 1 aromatic heterocycles. The molecule has 1 aliphatic rings. The number of hydrogen-bond donors (Lipinski definition) is 4. The second kappa shape index (κ2) is 13.0. The SMILES string of the molecule is CC1(c2ccc(S(=O)(=O)Nc3ccc(CCNC[C@H](O)c4cccnc4)cc3)cc2)NC(c2ccc(C(F)(F)F)cc2)=CS1. The maximum Gasteiger partial charge on any atom is 0.416 e. The quantitative estimate of drug-likeness (QED) is 0.143. The predicted octanol–water partition coefficient (Wildman–Crippen LogP) is 6.27. The smallest absolute Gasteiger partial charge is 0.387 e. The van der Waals surface area contributed by atoms with Crippen LogP contribution in [0.25, 0.3) is 5.70 Å². The normalized spacial score (nSPS) is 17.5. The molecule has 0 bridgehead atoms. The minimum absolute atomic E-state index is 0.101. The Kier molecular flexibility index (Phi) is 9.35. The third-order valence-electron chi connectivity index (χ3n) is 7.23. The summed E-state index contributed by atoms with van der Waals surface area (Å²) in [6.07, 6.45) is -1.05. The van der Waals surface area contributed by atoms with Gasteiger partial charge >= 0.3 is 6.18 Å². The zero-order chi connectivity index (χ0) is 31.4. The van der Waals surface area contributed by atoms with Crippen LogP contribution >= 0.6 is 11.8 Å². The molecule has 0 saturated heterocycles. The second-order valence-corrected chi connectivity index (χ2v) is 13.4. The van der Waals surface area contributed by atoms with Crippen LogP contribution in [0.1, 0.15) is 40.8 Å². The molecule has 2 heterocycles. The van der Waals surface area contributed by atoms with E-state index in [1.54, 1.807) is 42.7 Å². The highest BCUT2D eigenvalue weighted by molar-refractivity contribution is 8.03. The number of aliphatic hydroxyl groups excluding tert-OH is 1. The third kappa shape index (κ3) is 7.62. The number of benzene rings is 3. The van der Waals surface area contributed by atoms with E-state index in [9.17, 15) is 26.7 Å². The molecule has 44 heavy (non-hydrogen) atoms. The van der Waals surface area contributed by atoms with Crippen molar-refractivity contribution in [3.63, 3.8) is 0 Å². The Morgan fingerprint density at radius 2 is 1.70 bits per heavy atom. The molecule has 1 unspecified atom stereocenters. The lowest BCUT2D eigenvalue weighted by molar-refractivity contribution is -0.137. The van der Waals surface area contributed by atoms with E-state index in [0.29, 0.717) is 36.5 Å². The van der Waals surface area contributed by atoms with Gasteiger partial charge in [0.25, 0.3) is 10.0 Å². The third-order valence-corrected chi connectivity index (χ3v) is 9.79. The molecule has 2 atom stereocenters. The van der Waals surface area contributed by atoms with Gasteiger partial charge in [-0.1, -0.05) is 54.2 Å². The molecule has 4 aromatic rings. The van der Waals surface area contributed by atoms with Gasteiger partial charge in [-0.2, -0.15) is 13.2 Å². The van der Waals surface area contributed by atoms with Gasteiger partial charge < -0.3 is 15.7 Å². The number of sulfonamides is 1. The summed E-state index contributed by atoms with van der Waals surface area (Å²) in [7, 11) is -3.84. The van der Waals surface area contributed by atoms with Crippen LogP contribution in [0.15, 0.2) is 108 Å². The van der Waals surface area contributed by atoms with Crippen molar-refractivity contribution in [2.75, 3.05) is 17.8 Å². The van der Waals surface area contributed by atoms with Crippen molar-refractivity contribution in [3.05, 3.63) is 131 Å². The van der Waals surface area contributed by atoms with Gasteiger partial charge in [0.1, 0.15) is 4.87 Å². The van der Waals surface area contributed by atoms with Gasteiger partial charge in [0.05, 0.1) is 16.6 Å². The number of hydrogen-bond acceptors (Lipinski definition) is 7. The van der Waals surface area contributed by atoms with E-state index in [4.69, 9.17) is 0 Å². The number of nitrogens with zero attached hydrogens (tertiary/aromatic N) is 1. The number of pyridine rings is 1. The Morgan fingerprint density at radius 1 is 1.00 bits per heavy atom. The van der Waals surface area contributed by atoms with Gasteiger partial charge in [0.15, 0.2) is 0 Å². The first kappa shape index (κ1) is 31.6. The first-order chi connectivity index (χ1) is 20.9. The Balaban J connectivity index is 1.13. The van der Waals surface area contributed by atoms with Crippen molar-refractivity contribution in [3.8, 4) is 0 Å². The number of thioether (sulfide) groups is 1. The minimum Gasteiger partial charge on any atom is -0.387 e. The standard InChI is InChI=1S/C32H31F3N4O3S2/c1-31(38-29(21-43-31)23-6-8-26(9-7-23)32(33,34)35)25-10-14-28(15-11-25)44(41,42)39-27-12-4-22(5-13-27)16-18-37-20-30(40)24-3-2-17-36-19-24/h2-15,17,19,21,30,37-40H,16,18,20H2,1H3/t30-,31?/m0/s1. The van der Waals surface area contributed by atoms with Gasteiger partial charge in [-0.05, 0) is 84.5 Å². The zero-order valence-corrected chi connectivity index (χ0v) is 25.3. The molecule has 0 amide bonds. The van der Waals surface area contributed by atoms with Crippen LogP contribution in [-0.2, 0) is 27.5 Å². The number of anilines is 1. The summed E-state index contributed by atoms with van der Waals surface area (Å²) < 4.78 is 67.5. The minimum atomic E-state index is -4.40. The lowest BCUT2D eigenvalue weighted by Gasteiger charge is -2.26. The monoisotopic (exact) mass is 640 g/mol. The molecule has 0 aliphatic carbocycles. The summed E-state index contributed by atoms with van der Waals surface area (Å²) >= 11 is 1.46. The first-order valence-electron chi connectivity index (χ1n) is 13.8. The summed E-state index contributed by atoms with van der Waals surface area (Å²) in [4.78, 5) is 3.48. The molecule has 230 valence electrons. The highest BCUT2D eigenvalue weighted by Crippen LogP contribution is 2.43. The first-order valence-corrected chi connectivity index (χ1v) is 16.1. The predicted molar refractivity (Wildman–Crippen MR) is 167 cm³/mol. The van der Waals surface area contributed by atoms with Crippen LogP contribution in [0.2, 0.25) is 0 Å². The fourth-order valence-electron chi connectivity index (χ4n) is 4.68. The van der Waals surface area contributed by atoms with Gasteiger partial charge in [-0.15, -0.1) is 0 Å². The van der Waals surface area contributed by atoms with Crippen molar-refractivity contribution >= 4 is 33.2 Å². The summed E-state index contributed by atoms with van der Waals surface area (Å²) in [5.74, 6) is 0. The molecule has 12 heteroatoms. The average molecular weight is 641 g/mol. The molecule has 1 aliphatic heterocycles. The molecule has 7 nitrogen and oxygen atoms in total. The van der Waals surface area contributed by atoms with Crippen LogP contribution in [0.3, 0.4) is 0 Å². The van der Waals surface area contributed by atoms with E-state index in [0.717, 1.165) is 28.8 Å². The number of nitrogens with one attached hydrogen (secondary N) is 3. The van der Waals surface area contributed by atoms with Crippen LogP contribution in [0, 0.1) is 0 Å². The number of aromatic nitrogens is 1. The number of alkyl halides is 3. The Bertz CT molecular complexity index is 1700. The molecule has 4 N–H and O–H groups in total. The molecule has 0 radical (unpaired) electrons. The highest BCUT2D eigenvalue weighted by Gasteiger charge is 2.34. The molecule has 5 rings (SSSR count). The van der Waals surface area contributed by atoms with Gasteiger partial charge in [-0.25, -0.2) is 8.42 Å². The maximum atomic E-state index is 13.1. The fourth-order valence-corrected chi connectivity index (χ4v) is 6.73. The second-order valence-electron chi connectivity index (χ2n) is 10.5. The average Bonchev–Trinajstić information content (AvgIpc) is 3.43. The summed E-state index contributed by atoms with van der Waals surface area (Å²) in [6, 6.07) is 22.2. The highest BCUT2D eigenvalue weighted by atomic mass is 32.2. The van der Waals surface area contributed by atoms with Crippen molar-refractivity contribution in [1.82, 2.24) is 15.6 Å². The Morgan fingerprint density at radius 3 is 2.34 bits per heavy atom. The van der Waals surface area contributed by atoms with Gasteiger partial charge in [0, 0.05) is 35.9 Å². The number of aliphatic hydroxyl groups is 1. The van der Waals surface area contributed by atoms with Crippen LogP contribution in [0.5, 0.6) is 0 Å². The Hall–Kier alpha value is -3.84. The van der Waals surface area contributed by atoms with E-state index in [-0.39, 0.29) is 4.90 Å². The largest absolute Gasteiger partial charge is 0.416 e. The van der Waals surface area contributed by atoms with Crippen LogP contribution in [-0.4, -0.2) is 31.6 Å². The molecule has 0 saturated carbocycles. The van der Waals surface area contributed by atoms with Crippen molar-refractivity contribution in [1.29, 1.82) is 0 Å². The van der Waals surface area contributed by atoms with Gasteiger partial charge in [-0.3, -0.25) is 9.71 Å². The van der Waals surface area contributed by atoms with Crippen molar-refractivity contribution < 1.29 is 26.7 Å². The molecule has 0 spiro atoms. The summed E-state index contributed by atoms with van der Waals surface area (Å²) in [5.41, 5.74) is 3.61. The lowest BCUT2D eigenvalue weighted by atomic mass is 10.1. The zero-order valence-electron chi connectivity index (χ0n) is 23.7. The molecule has 3 aromatic carbocycles. The maximum absolute atomic E-state index is 13.1. The molecular formula is C32H31F3N4O3S2. The molecular weight excluding hydrogens is 610 g/mol. The summed E-state index contributed by atoms with van der Waals surface area (Å²) in [6.45, 7) is 2.96. The topological polar surface area (TPSA) is 103 Å². The number of rotatable bonds is 11. The van der Waals surface area contributed by atoms with E-state index in [1.807, 2.05) is 30.5 Å². The summed E-state index contributed by atoms with van der Waals surface area (Å²) in [5, 5.41) is 18.6. The fraction of sp³-hybridized carbons (Fsp3) is 0.219. The van der Waals surface area contributed by atoms with E-state index in [2.05, 4.69) is 20.3 Å². The van der Waals surface area contributed by atoms with E-state index in [1.165, 1.54) is 36.0 Å². The van der Waals surface area contributed by atoms with E-state index < -0.39 is 32.7 Å². The lowest BCUT2D eigenvalue weighted by Crippen LogP contribution is -2.31. The number of halogens is 3. The van der Waals surface area contributed by atoms with Gasteiger partial charge in [0.2, 0.25) is 0 Å². The Labute approximate surface area is 258 Å². The van der Waals surface area contributed by atoms with Crippen LogP contribution < -0.4 is 15.4 Å².